The Kier molecular flexibility index (Phi) is 5.75. The van der Waals surface area contributed by atoms with Crippen LogP contribution < -0.4 is 10.2 Å². The van der Waals surface area contributed by atoms with Crippen molar-refractivity contribution in [3.05, 3.63) is 60.4 Å². The zero-order chi connectivity index (χ0) is 22.0. The smallest absolute Gasteiger partial charge is 0.417 e. The molecule has 31 heavy (non-hydrogen) atoms. The van der Waals surface area contributed by atoms with E-state index in [1.807, 2.05) is 32.9 Å². The van der Waals surface area contributed by atoms with E-state index in [1.54, 1.807) is 18.3 Å². The highest BCUT2D eigenvalue weighted by Crippen LogP contribution is 2.25. The van der Waals surface area contributed by atoms with Crippen LogP contribution in [0, 0.1) is 11.7 Å². The van der Waals surface area contributed by atoms with Gasteiger partial charge in [0.05, 0.1) is 17.8 Å². The predicted octanol–water partition coefficient (Wildman–Crippen LogP) is 4.23. The molecular formula is C22H23FN6O2. The Morgan fingerprint density at radius 2 is 1.81 bits per heavy atom. The molecule has 1 aliphatic heterocycles. The van der Waals surface area contributed by atoms with Gasteiger partial charge < -0.3 is 10.1 Å². The highest BCUT2D eigenvalue weighted by atomic mass is 19.1. The molecule has 3 aromatic rings. The van der Waals surface area contributed by atoms with E-state index in [1.165, 1.54) is 23.4 Å². The Bertz CT molecular complexity index is 1060. The molecule has 0 radical (unpaired) electrons. The van der Waals surface area contributed by atoms with Gasteiger partial charge in [-0.1, -0.05) is 32.0 Å². The Balaban J connectivity index is 1.49. The van der Waals surface area contributed by atoms with E-state index in [0.717, 1.165) is 16.8 Å². The van der Waals surface area contributed by atoms with Crippen molar-refractivity contribution in [2.45, 2.75) is 32.9 Å². The summed E-state index contributed by atoms with van der Waals surface area (Å²) in [6.07, 6.45) is 2.65. The highest BCUT2D eigenvalue weighted by molar-refractivity contribution is 5.88. The van der Waals surface area contributed by atoms with Gasteiger partial charge in [-0.25, -0.2) is 24.1 Å². The Morgan fingerprint density at radius 3 is 2.48 bits per heavy atom. The summed E-state index contributed by atoms with van der Waals surface area (Å²) in [6, 6.07) is 9.79. The van der Waals surface area contributed by atoms with Crippen LogP contribution in [-0.2, 0) is 4.74 Å². The van der Waals surface area contributed by atoms with Gasteiger partial charge in [0, 0.05) is 11.8 Å². The molecule has 3 heterocycles. The van der Waals surface area contributed by atoms with Gasteiger partial charge in [0.15, 0.2) is 0 Å². The largest absolute Gasteiger partial charge is 0.447 e. The third-order valence-corrected chi connectivity index (χ3v) is 5.20. The fraction of sp³-hybridized carbons (Fsp3) is 0.318. The van der Waals surface area contributed by atoms with E-state index in [0.29, 0.717) is 12.6 Å². The Labute approximate surface area is 179 Å². The zero-order valence-electron chi connectivity index (χ0n) is 17.5. The minimum Gasteiger partial charge on any atom is -0.447 e. The number of benzene rings is 1. The third kappa shape index (κ3) is 4.45. The number of anilines is 2. The second-order valence-electron chi connectivity index (χ2n) is 7.71. The predicted molar refractivity (Wildman–Crippen MR) is 114 cm³/mol. The van der Waals surface area contributed by atoms with Gasteiger partial charge in [0.25, 0.3) is 0 Å². The number of amides is 1. The number of nitrogens with one attached hydrogen (secondary N) is 1. The van der Waals surface area contributed by atoms with E-state index in [9.17, 15) is 9.18 Å². The maximum absolute atomic E-state index is 13.1. The minimum absolute atomic E-state index is 0.124. The van der Waals surface area contributed by atoms with Gasteiger partial charge >= 0.3 is 6.09 Å². The monoisotopic (exact) mass is 422 g/mol. The quantitative estimate of drug-likeness (QED) is 0.635. The molecule has 1 fully saturated rings. The molecule has 4 rings (SSSR count). The molecule has 2 atom stereocenters. The summed E-state index contributed by atoms with van der Waals surface area (Å²) >= 11 is 0. The Hall–Kier alpha value is -3.62. The molecule has 0 spiro atoms. The van der Waals surface area contributed by atoms with Crippen LogP contribution >= 0.6 is 0 Å². The van der Waals surface area contributed by atoms with Gasteiger partial charge in [-0.2, -0.15) is 4.98 Å². The molecule has 1 unspecified atom stereocenters. The molecule has 1 aliphatic rings. The van der Waals surface area contributed by atoms with Crippen LogP contribution in [0.4, 0.5) is 21.1 Å². The first-order valence-electron chi connectivity index (χ1n) is 10.1. The van der Waals surface area contributed by atoms with Crippen LogP contribution in [-0.4, -0.2) is 38.7 Å². The lowest BCUT2D eigenvalue weighted by molar-refractivity contribution is 0.177. The first kappa shape index (κ1) is 20.6. The van der Waals surface area contributed by atoms with Crippen molar-refractivity contribution in [3.8, 4) is 11.1 Å². The molecule has 1 amide bonds. The Morgan fingerprint density at radius 1 is 1.06 bits per heavy atom. The number of aromatic nitrogens is 4. The summed E-state index contributed by atoms with van der Waals surface area (Å²) in [5.41, 5.74) is 2.57. The summed E-state index contributed by atoms with van der Waals surface area (Å²) in [4.78, 5) is 30.9. The number of hydrogen-bond acceptors (Lipinski definition) is 7. The van der Waals surface area contributed by atoms with Crippen molar-refractivity contribution in [2.75, 3.05) is 16.8 Å². The van der Waals surface area contributed by atoms with Gasteiger partial charge in [0.1, 0.15) is 18.8 Å². The van der Waals surface area contributed by atoms with Gasteiger partial charge in [0.2, 0.25) is 11.9 Å². The summed E-state index contributed by atoms with van der Waals surface area (Å²) in [6.45, 7) is 6.28. The van der Waals surface area contributed by atoms with Crippen LogP contribution in [0.5, 0.6) is 0 Å². The number of nitrogens with zero attached hydrogens (tertiary/aromatic N) is 5. The molecule has 9 heteroatoms. The molecular weight excluding hydrogens is 399 g/mol. The number of pyridine rings is 1. The minimum atomic E-state index is -0.457. The molecule has 1 N–H and O–H groups in total. The normalized spacial score (nSPS) is 17.0. The molecule has 2 aromatic heterocycles. The number of halogens is 1. The van der Waals surface area contributed by atoms with Crippen molar-refractivity contribution < 1.29 is 13.9 Å². The fourth-order valence-electron chi connectivity index (χ4n) is 3.37. The first-order chi connectivity index (χ1) is 14.9. The number of rotatable bonds is 6. The zero-order valence-corrected chi connectivity index (χ0v) is 17.5. The SMILES string of the molecule is CC(Nc1ncnc(N2C(=O)OC[C@@H]2C(C)C)n1)c1ccc(-c2ccc(F)cc2)cn1. The molecule has 160 valence electrons. The van der Waals surface area contributed by atoms with Gasteiger partial charge in [-0.15, -0.1) is 0 Å². The maximum atomic E-state index is 13.1. The average molecular weight is 422 g/mol. The van der Waals surface area contributed by atoms with E-state index < -0.39 is 6.09 Å². The second kappa shape index (κ2) is 8.63. The number of carbonyl (C=O) groups excluding carboxylic acids is 1. The maximum Gasteiger partial charge on any atom is 0.417 e. The fourth-order valence-corrected chi connectivity index (χ4v) is 3.37. The topological polar surface area (TPSA) is 93.1 Å². The van der Waals surface area contributed by atoms with Crippen molar-refractivity contribution in [3.63, 3.8) is 0 Å². The summed E-state index contributed by atoms with van der Waals surface area (Å²) < 4.78 is 18.3. The number of hydrogen-bond donors (Lipinski definition) is 1. The van der Waals surface area contributed by atoms with Crippen molar-refractivity contribution in [2.24, 2.45) is 5.92 Å². The molecule has 8 nitrogen and oxygen atoms in total. The van der Waals surface area contributed by atoms with Crippen LogP contribution in [0.15, 0.2) is 48.9 Å². The van der Waals surface area contributed by atoms with Crippen molar-refractivity contribution in [1.82, 2.24) is 19.9 Å². The standard InChI is InChI=1S/C22H23FN6O2/c1-13(2)19-11-31-22(30)29(19)21-26-12-25-20(28-21)27-14(3)18-9-6-16(10-24-18)15-4-7-17(23)8-5-15/h4-10,12-14,19H,11H2,1-3H3,(H,25,26,27,28)/t14?,19-/m1/s1. The van der Waals surface area contributed by atoms with E-state index in [-0.39, 0.29) is 29.8 Å². The molecule has 0 aliphatic carbocycles. The van der Waals surface area contributed by atoms with Crippen LogP contribution in [0.25, 0.3) is 11.1 Å². The summed E-state index contributed by atoms with van der Waals surface area (Å²) in [7, 11) is 0. The van der Waals surface area contributed by atoms with E-state index in [4.69, 9.17) is 4.74 Å². The van der Waals surface area contributed by atoms with Crippen molar-refractivity contribution in [1.29, 1.82) is 0 Å². The van der Waals surface area contributed by atoms with Crippen LogP contribution in [0.1, 0.15) is 32.5 Å². The number of cyclic esters (lactones) is 1. The molecule has 1 aromatic carbocycles. The van der Waals surface area contributed by atoms with Gasteiger partial charge in [-0.05, 0) is 36.6 Å². The van der Waals surface area contributed by atoms with Gasteiger partial charge in [-0.3, -0.25) is 4.98 Å². The van der Waals surface area contributed by atoms with Crippen LogP contribution in [0.3, 0.4) is 0 Å². The summed E-state index contributed by atoms with van der Waals surface area (Å²) in [5, 5.41) is 3.19. The first-order valence-corrected chi connectivity index (χ1v) is 10.1. The third-order valence-electron chi connectivity index (χ3n) is 5.20. The average Bonchev–Trinajstić information content (AvgIpc) is 3.16. The van der Waals surface area contributed by atoms with E-state index in [2.05, 4.69) is 25.3 Å². The highest BCUT2D eigenvalue weighted by Gasteiger charge is 2.38. The molecule has 1 saturated heterocycles. The molecule has 0 saturated carbocycles. The number of ether oxygens (including phenoxy) is 1. The molecule has 0 bridgehead atoms. The van der Waals surface area contributed by atoms with E-state index >= 15 is 0 Å². The lowest BCUT2D eigenvalue weighted by Crippen LogP contribution is -2.38. The lowest BCUT2D eigenvalue weighted by Gasteiger charge is -2.22. The van der Waals surface area contributed by atoms with Crippen LogP contribution in [0.2, 0.25) is 0 Å². The second-order valence-corrected chi connectivity index (χ2v) is 7.71. The summed E-state index contributed by atoms with van der Waals surface area (Å²) in [5.74, 6) is 0.516. The number of carbonyl (C=O) groups is 1. The van der Waals surface area contributed by atoms with Crippen molar-refractivity contribution >= 4 is 18.0 Å². The lowest BCUT2D eigenvalue weighted by atomic mass is 10.1.